The molecule has 0 radical (unpaired) electrons. The Hall–Kier alpha value is -0.820. The van der Waals surface area contributed by atoms with E-state index in [1.807, 2.05) is 0 Å². The lowest BCUT2D eigenvalue weighted by Crippen LogP contribution is -2.64. The third kappa shape index (κ3) is 3.17. The first-order valence-electron chi connectivity index (χ1n) is 9.53. The second-order valence-electron chi connectivity index (χ2n) is 8.07. The molecule has 0 aliphatic carbocycles. The van der Waals surface area contributed by atoms with Gasteiger partial charge in [-0.2, -0.15) is 8.42 Å². The van der Waals surface area contributed by atoms with Crippen molar-refractivity contribution in [2.75, 3.05) is 26.0 Å². The van der Waals surface area contributed by atoms with Gasteiger partial charge in [-0.3, -0.25) is 14.3 Å². The van der Waals surface area contributed by atoms with Crippen molar-refractivity contribution in [2.45, 2.75) is 75.1 Å². The van der Waals surface area contributed by atoms with Crippen molar-refractivity contribution in [2.24, 2.45) is 0 Å². The summed E-state index contributed by atoms with van der Waals surface area (Å²) >= 11 is 0. The van der Waals surface area contributed by atoms with Crippen LogP contribution < -0.4 is 5.32 Å². The first-order valence-corrected chi connectivity index (χ1v) is 11.1. The number of nitrogens with one attached hydrogen (secondary N) is 1. The molecule has 4 saturated heterocycles. The number of carbonyl (C=O) groups excluding carboxylic acids is 1. The Morgan fingerprint density at radius 3 is 2.75 bits per heavy atom. The fourth-order valence-electron chi connectivity index (χ4n) is 4.57. The maximum Gasteiger partial charge on any atom is 0.305 e. The molecule has 0 aromatic carbocycles. The van der Waals surface area contributed by atoms with Gasteiger partial charge < -0.3 is 23.7 Å². The molecule has 4 aliphatic heterocycles. The monoisotopic (exact) mass is 421 g/mol. The number of unbranched alkanes of at least 4 members (excludes halogenated alkanes) is 2. The number of fused-ring (bicyclic) bond motifs is 1. The molecule has 11 heteroatoms. The van der Waals surface area contributed by atoms with E-state index >= 15 is 0 Å². The van der Waals surface area contributed by atoms with Crippen molar-refractivity contribution < 1.29 is 41.1 Å². The summed E-state index contributed by atoms with van der Waals surface area (Å²) < 4.78 is 58.9. The van der Waals surface area contributed by atoms with E-state index in [1.54, 1.807) is 13.8 Å². The molecule has 160 valence electrons. The highest BCUT2D eigenvalue weighted by atomic mass is 32.2. The first-order chi connectivity index (χ1) is 13.1. The third-order valence-corrected chi connectivity index (χ3v) is 7.00. The van der Waals surface area contributed by atoms with Crippen molar-refractivity contribution in [3.8, 4) is 0 Å². The van der Waals surface area contributed by atoms with Crippen LogP contribution in [0.25, 0.3) is 0 Å². The van der Waals surface area contributed by atoms with Gasteiger partial charge in [-0.25, -0.2) is 0 Å². The van der Waals surface area contributed by atoms with Crippen LogP contribution in [-0.4, -0.2) is 76.0 Å². The van der Waals surface area contributed by atoms with Gasteiger partial charge in [0.1, 0.15) is 18.0 Å². The highest BCUT2D eigenvalue weighted by molar-refractivity contribution is 7.87. The summed E-state index contributed by atoms with van der Waals surface area (Å²) in [5.74, 6) is -1.48. The Bertz CT molecular complexity index is 741. The Morgan fingerprint density at radius 2 is 2.00 bits per heavy atom. The van der Waals surface area contributed by atoms with Crippen LogP contribution in [0.3, 0.4) is 0 Å². The van der Waals surface area contributed by atoms with E-state index in [9.17, 15) is 13.2 Å². The number of rotatable bonds is 7. The van der Waals surface area contributed by atoms with E-state index in [1.165, 1.54) is 7.11 Å². The van der Waals surface area contributed by atoms with Gasteiger partial charge >= 0.3 is 5.97 Å². The van der Waals surface area contributed by atoms with Gasteiger partial charge in [0.15, 0.2) is 23.4 Å². The molecule has 4 rings (SSSR count). The van der Waals surface area contributed by atoms with E-state index < -0.39 is 45.7 Å². The van der Waals surface area contributed by atoms with E-state index in [-0.39, 0.29) is 11.7 Å². The van der Waals surface area contributed by atoms with Crippen LogP contribution in [-0.2, 0) is 42.8 Å². The average molecular weight is 421 g/mol. The Balaban J connectivity index is 1.47. The summed E-state index contributed by atoms with van der Waals surface area (Å²) in [5.41, 5.74) is -2.58. The molecule has 0 amide bonds. The second kappa shape index (κ2) is 6.86. The van der Waals surface area contributed by atoms with Crippen molar-refractivity contribution in [1.82, 2.24) is 5.32 Å². The highest BCUT2D eigenvalue weighted by Gasteiger charge is 2.81. The van der Waals surface area contributed by atoms with Crippen LogP contribution in [0.5, 0.6) is 0 Å². The summed E-state index contributed by atoms with van der Waals surface area (Å²) in [7, 11) is -2.47. The predicted molar refractivity (Wildman–Crippen MR) is 93.5 cm³/mol. The fraction of sp³-hybridized carbons (Fsp3) is 0.941. The second-order valence-corrected chi connectivity index (χ2v) is 9.64. The molecule has 0 aromatic rings. The van der Waals surface area contributed by atoms with Crippen molar-refractivity contribution in [3.05, 3.63) is 0 Å². The number of carbonyl (C=O) groups is 1. The SMILES string of the molecule is COC(=O)CCCCCO[C@]12CS(=O)(=O)O[C@@]13[C@@H](CN2)O[C@@H]1OC(C)(C)O[C@@H]13. The lowest BCUT2D eigenvalue weighted by atomic mass is 9.86. The normalized spacial score (nSPS) is 42.2. The molecular formula is C17H27NO9S. The smallest absolute Gasteiger partial charge is 0.305 e. The first kappa shape index (κ1) is 20.5. The van der Waals surface area contributed by atoms with Crippen LogP contribution >= 0.6 is 0 Å². The Labute approximate surface area is 164 Å². The quantitative estimate of drug-likeness (QED) is 0.342. The standard InChI is InChI=1S/C17H27NO9S/c1-15(2)25-13-14(26-15)24-11-9-18-16(10-28(20,21)27-17(11,13)16)23-8-6-4-5-7-12(19)22-3/h11,13-14,18H,4-10H2,1-3H3/t11-,13+,14-,16-,17-/m1/s1. The average Bonchev–Trinajstić information content (AvgIpc) is 3.21. The van der Waals surface area contributed by atoms with Crippen molar-refractivity contribution in [3.63, 3.8) is 0 Å². The molecule has 0 saturated carbocycles. The summed E-state index contributed by atoms with van der Waals surface area (Å²) in [4.78, 5) is 11.2. The number of esters is 1. The topological polar surface area (TPSA) is 119 Å². The molecule has 1 N–H and O–H groups in total. The third-order valence-electron chi connectivity index (χ3n) is 5.71. The van der Waals surface area contributed by atoms with Crippen molar-refractivity contribution >= 4 is 16.1 Å². The van der Waals surface area contributed by atoms with E-state index in [0.29, 0.717) is 32.4 Å². The van der Waals surface area contributed by atoms with Crippen LogP contribution in [0.2, 0.25) is 0 Å². The van der Waals surface area contributed by atoms with Gasteiger partial charge in [-0.15, -0.1) is 0 Å². The van der Waals surface area contributed by atoms with Crippen molar-refractivity contribution in [1.29, 1.82) is 0 Å². The van der Waals surface area contributed by atoms with Crippen LogP contribution in [0.1, 0.15) is 39.5 Å². The van der Waals surface area contributed by atoms with Gasteiger partial charge in [0.05, 0.1) is 7.11 Å². The van der Waals surface area contributed by atoms with Crippen LogP contribution in [0.15, 0.2) is 0 Å². The van der Waals surface area contributed by atoms with Gasteiger partial charge in [0.2, 0.25) is 0 Å². The van der Waals surface area contributed by atoms with Gasteiger partial charge in [-0.05, 0) is 26.7 Å². The highest BCUT2D eigenvalue weighted by Crippen LogP contribution is 2.56. The maximum absolute atomic E-state index is 12.4. The molecule has 28 heavy (non-hydrogen) atoms. The number of methoxy groups -OCH3 is 1. The largest absolute Gasteiger partial charge is 0.469 e. The molecule has 5 atom stereocenters. The Morgan fingerprint density at radius 1 is 1.21 bits per heavy atom. The summed E-state index contributed by atoms with van der Waals surface area (Å²) in [6, 6.07) is 0. The molecule has 4 aliphatic rings. The lowest BCUT2D eigenvalue weighted by Gasteiger charge is -2.38. The minimum absolute atomic E-state index is 0.246. The number of ether oxygens (including phenoxy) is 5. The molecule has 0 unspecified atom stereocenters. The zero-order valence-electron chi connectivity index (χ0n) is 16.3. The predicted octanol–water partition coefficient (Wildman–Crippen LogP) is 0.0111. The molecule has 4 fully saturated rings. The van der Waals surface area contributed by atoms with E-state index in [0.717, 1.165) is 6.42 Å². The van der Waals surface area contributed by atoms with Crippen LogP contribution in [0.4, 0.5) is 0 Å². The Kier molecular flexibility index (Phi) is 5.01. The molecule has 4 heterocycles. The summed E-state index contributed by atoms with van der Waals surface area (Å²) in [6.45, 7) is 4.17. The number of hydrogen-bond donors (Lipinski definition) is 1. The minimum atomic E-state index is -3.83. The van der Waals surface area contributed by atoms with E-state index in [2.05, 4.69) is 10.1 Å². The molecular weight excluding hydrogens is 394 g/mol. The summed E-state index contributed by atoms with van der Waals surface area (Å²) in [5, 5.41) is 3.18. The zero-order chi connectivity index (χ0) is 20.2. The molecule has 0 aromatic heterocycles. The maximum atomic E-state index is 12.4. The minimum Gasteiger partial charge on any atom is -0.469 e. The van der Waals surface area contributed by atoms with Gasteiger partial charge in [0.25, 0.3) is 10.1 Å². The number of hydrogen-bond acceptors (Lipinski definition) is 10. The molecule has 1 spiro atoms. The fourth-order valence-corrected chi connectivity index (χ4v) is 6.30. The zero-order valence-corrected chi connectivity index (χ0v) is 17.1. The summed E-state index contributed by atoms with van der Waals surface area (Å²) in [6.07, 6.45) is 0.454. The van der Waals surface area contributed by atoms with Crippen LogP contribution in [0, 0.1) is 0 Å². The van der Waals surface area contributed by atoms with Gasteiger partial charge in [0, 0.05) is 19.6 Å². The van der Waals surface area contributed by atoms with E-state index in [4.69, 9.17) is 23.1 Å². The molecule has 0 bridgehead atoms. The van der Waals surface area contributed by atoms with Gasteiger partial charge in [-0.1, -0.05) is 6.42 Å². The molecule has 10 nitrogen and oxygen atoms in total. The lowest BCUT2D eigenvalue weighted by molar-refractivity contribution is -0.236.